The minimum absolute atomic E-state index is 0.537. The maximum atomic E-state index is 12.2. The van der Waals surface area contributed by atoms with Crippen molar-refractivity contribution in [1.82, 2.24) is 0 Å². The van der Waals surface area contributed by atoms with E-state index in [2.05, 4.69) is 4.90 Å². The Bertz CT molecular complexity index is 380. The molecule has 0 saturated carbocycles. The lowest BCUT2D eigenvalue weighted by Crippen LogP contribution is -2.21. The van der Waals surface area contributed by atoms with Gasteiger partial charge >= 0.3 is 6.18 Å². The van der Waals surface area contributed by atoms with E-state index in [4.69, 9.17) is 5.73 Å². The molecule has 0 radical (unpaired) electrons. The van der Waals surface area contributed by atoms with Crippen molar-refractivity contribution in [3.05, 3.63) is 29.8 Å². The van der Waals surface area contributed by atoms with Gasteiger partial charge < -0.3 is 10.6 Å². The summed E-state index contributed by atoms with van der Waals surface area (Å²) in [6, 6.07) is 6.14. The van der Waals surface area contributed by atoms with Crippen molar-refractivity contribution in [3.8, 4) is 0 Å². The molecule has 0 amide bonds. The van der Waals surface area contributed by atoms with E-state index < -0.39 is 18.6 Å². The lowest BCUT2D eigenvalue weighted by atomic mass is 10.0. The number of benzene rings is 1. The van der Waals surface area contributed by atoms with Crippen molar-refractivity contribution < 1.29 is 13.2 Å². The topological polar surface area (TPSA) is 29.3 Å². The minimum Gasteiger partial charge on any atom is -0.372 e. The summed E-state index contributed by atoms with van der Waals surface area (Å²) < 4.78 is 36.7. The van der Waals surface area contributed by atoms with E-state index in [0.29, 0.717) is 5.56 Å². The Labute approximate surface area is 105 Å². The van der Waals surface area contributed by atoms with Crippen LogP contribution in [0.25, 0.3) is 0 Å². The Hall–Kier alpha value is -1.23. The molecule has 2 rings (SSSR count). The highest BCUT2D eigenvalue weighted by Crippen LogP contribution is 2.29. The average Bonchev–Trinajstić information content (AvgIpc) is 2.80. The van der Waals surface area contributed by atoms with Gasteiger partial charge in [0.15, 0.2) is 0 Å². The highest BCUT2D eigenvalue weighted by Gasteiger charge is 2.30. The maximum Gasteiger partial charge on any atom is 0.390 e. The van der Waals surface area contributed by atoms with Gasteiger partial charge in [0, 0.05) is 24.8 Å². The van der Waals surface area contributed by atoms with Gasteiger partial charge in [-0.3, -0.25) is 0 Å². The third-order valence-corrected chi connectivity index (χ3v) is 3.24. The Kier molecular flexibility index (Phi) is 3.80. The van der Waals surface area contributed by atoms with Gasteiger partial charge in [0.1, 0.15) is 0 Å². The minimum atomic E-state index is -4.22. The number of alkyl halides is 3. The second kappa shape index (κ2) is 5.18. The van der Waals surface area contributed by atoms with Gasteiger partial charge in [0.25, 0.3) is 0 Å². The van der Waals surface area contributed by atoms with Crippen LogP contribution in [0.2, 0.25) is 0 Å². The molecular formula is C13H17F3N2. The van der Waals surface area contributed by atoms with Crippen LogP contribution in [0.5, 0.6) is 0 Å². The number of hydrogen-bond donors (Lipinski definition) is 1. The van der Waals surface area contributed by atoms with Crippen LogP contribution in [-0.4, -0.2) is 19.3 Å². The van der Waals surface area contributed by atoms with Crippen LogP contribution in [-0.2, 0) is 0 Å². The summed E-state index contributed by atoms with van der Waals surface area (Å²) in [6.07, 6.45) is -2.84. The summed E-state index contributed by atoms with van der Waals surface area (Å²) in [5.74, 6) is 0. The van der Waals surface area contributed by atoms with Crippen LogP contribution in [0.15, 0.2) is 24.3 Å². The first kappa shape index (κ1) is 13.2. The summed E-state index contributed by atoms with van der Waals surface area (Å²) in [6.45, 7) is 2.04. The SMILES string of the molecule is N[C@@H](CC(F)(F)F)c1ccc(N2CCCC2)cc1. The van der Waals surface area contributed by atoms with E-state index in [1.807, 2.05) is 12.1 Å². The second-order valence-electron chi connectivity index (χ2n) is 4.71. The molecule has 1 atom stereocenters. The smallest absolute Gasteiger partial charge is 0.372 e. The molecule has 0 spiro atoms. The molecule has 1 fully saturated rings. The van der Waals surface area contributed by atoms with E-state index in [0.717, 1.165) is 18.8 Å². The van der Waals surface area contributed by atoms with Crippen LogP contribution in [0, 0.1) is 0 Å². The Balaban J connectivity index is 2.02. The zero-order valence-electron chi connectivity index (χ0n) is 10.1. The van der Waals surface area contributed by atoms with Crippen molar-refractivity contribution in [2.24, 2.45) is 5.73 Å². The molecule has 1 aromatic carbocycles. The first-order chi connectivity index (χ1) is 8.46. The monoisotopic (exact) mass is 258 g/mol. The molecule has 0 unspecified atom stereocenters. The predicted octanol–water partition coefficient (Wildman–Crippen LogP) is 3.24. The molecule has 1 aliphatic heterocycles. The fourth-order valence-electron chi connectivity index (χ4n) is 2.27. The molecule has 1 saturated heterocycles. The summed E-state index contributed by atoms with van der Waals surface area (Å²) in [5.41, 5.74) is 7.15. The number of hydrogen-bond acceptors (Lipinski definition) is 2. The highest BCUT2D eigenvalue weighted by molar-refractivity contribution is 5.48. The number of nitrogens with zero attached hydrogens (tertiary/aromatic N) is 1. The van der Waals surface area contributed by atoms with Gasteiger partial charge in [-0.2, -0.15) is 13.2 Å². The van der Waals surface area contributed by atoms with E-state index in [1.165, 1.54) is 12.8 Å². The Morgan fingerprint density at radius 1 is 1.11 bits per heavy atom. The number of anilines is 1. The first-order valence-electron chi connectivity index (χ1n) is 6.13. The molecule has 100 valence electrons. The normalized spacial score (nSPS) is 18.1. The fraction of sp³-hybridized carbons (Fsp3) is 0.538. The van der Waals surface area contributed by atoms with Crippen molar-refractivity contribution in [3.63, 3.8) is 0 Å². The summed E-state index contributed by atoms with van der Waals surface area (Å²) in [7, 11) is 0. The van der Waals surface area contributed by atoms with Crippen LogP contribution in [0.3, 0.4) is 0 Å². The molecule has 18 heavy (non-hydrogen) atoms. The Morgan fingerprint density at radius 2 is 1.67 bits per heavy atom. The van der Waals surface area contributed by atoms with Crippen molar-refractivity contribution in [2.75, 3.05) is 18.0 Å². The van der Waals surface area contributed by atoms with E-state index in [9.17, 15) is 13.2 Å². The standard InChI is InChI=1S/C13H17F3N2/c14-13(15,16)9-12(17)10-3-5-11(6-4-10)18-7-1-2-8-18/h3-6,12H,1-2,7-9,17H2/t12-/m0/s1. The lowest BCUT2D eigenvalue weighted by molar-refractivity contribution is -0.138. The molecule has 0 aromatic heterocycles. The molecule has 1 aromatic rings. The molecule has 1 aliphatic rings. The van der Waals surface area contributed by atoms with Crippen LogP contribution < -0.4 is 10.6 Å². The number of rotatable bonds is 3. The molecule has 2 N–H and O–H groups in total. The van der Waals surface area contributed by atoms with Crippen molar-refractivity contribution >= 4 is 5.69 Å². The van der Waals surface area contributed by atoms with Gasteiger partial charge in [-0.05, 0) is 30.5 Å². The maximum absolute atomic E-state index is 12.2. The van der Waals surface area contributed by atoms with Crippen LogP contribution in [0.4, 0.5) is 18.9 Å². The van der Waals surface area contributed by atoms with Crippen molar-refractivity contribution in [2.45, 2.75) is 31.5 Å². The van der Waals surface area contributed by atoms with Crippen LogP contribution >= 0.6 is 0 Å². The van der Waals surface area contributed by atoms with E-state index in [1.54, 1.807) is 12.1 Å². The summed E-state index contributed by atoms with van der Waals surface area (Å²) >= 11 is 0. The van der Waals surface area contributed by atoms with Gasteiger partial charge in [0.05, 0.1) is 6.42 Å². The largest absolute Gasteiger partial charge is 0.390 e. The molecule has 2 nitrogen and oxygen atoms in total. The Morgan fingerprint density at radius 3 is 2.17 bits per heavy atom. The molecule has 0 aliphatic carbocycles. The second-order valence-corrected chi connectivity index (χ2v) is 4.71. The van der Waals surface area contributed by atoms with E-state index in [-0.39, 0.29) is 0 Å². The van der Waals surface area contributed by atoms with Gasteiger partial charge in [-0.15, -0.1) is 0 Å². The quantitative estimate of drug-likeness (QED) is 0.901. The average molecular weight is 258 g/mol. The zero-order chi connectivity index (χ0) is 13.2. The van der Waals surface area contributed by atoms with Crippen molar-refractivity contribution in [1.29, 1.82) is 0 Å². The number of nitrogens with two attached hydrogens (primary N) is 1. The third-order valence-electron chi connectivity index (χ3n) is 3.24. The molecule has 5 heteroatoms. The summed E-state index contributed by atoms with van der Waals surface area (Å²) in [4.78, 5) is 2.24. The third kappa shape index (κ3) is 3.38. The predicted molar refractivity (Wildman–Crippen MR) is 65.5 cm³/mol. The molecular weight excluding hydrogens is 241 g/mol. The molecule has 1 heterocycles. The lowest BCUT2D eigenvalue weighted by Gasteiger charge is -2.19. The number of halogens is 3. The first-order valence-corrected chi connectivity index (χ1v) is 6.13. The van der Waals surface area contributed by atoms with Gasteiger partial charge in [-0.1, -0.05) is 12.1 Å². The van der Waals surface area contributed by atoms with Gasteiger partial charge in [-0.25, -0.2) is 0 Å². The van der Waals surface area contributed by atoms with Crippen LogP contribution in [0.1, 0.15) is 30.9 Å². The molecule has 0 bridgehead atoms. The summed E-state index contributed by atoms with van der Waals surface area (Å²) in [5, 5.41) is 0. The zero-order valence-corrected chi connectivity index (χ0v) is 10.1. The van der Waals surface area contributed by atoms with Gasteiger partial charge in [0.2, 0.25) is 0 Å². The highest BCUT2D eigenvalue weighted by atomic mass is 19.4. The fourth-order valence-corrected chi connectivity index (χ4v) is 2.27. The van der Waals surface area contributed by atoms with E-state index >= 15 is 0 Å².